The Morgan fingerprint density at radius 1 is 1.37 bits per heavy atom. The molecule has 1 amide bonds. The molecule has 0 saturated carbocycles. The molecule has 2 rings (SSSR count). The smallest absolute Gasteiger partial charge is 0.251 e. The lowest BCUT2D eigenvalue weighted by molar-refractivity contribution is 0.0935. The van der Waals surface area contributed by atoms with E-state index in [0.717, 1.165) is 11.5 Å². The Morgan fingerprint density at radius 2 is 2.11 bits per heavy atom. The zero-order valence-corrected chi connectivity index (χ0v) is 12.3. The molecule has 0 saturated heterocycles. The van der Waals surface area contributed by atoms with Gasteiger partial charge in [-0.2, -0.15) is 0 Å². The van der Waals surface area contributed by atoms with Crippen LogP contribution in [-0.2, 0) is 0 Å². The number of amides is 1. The Hall–Kier alpha value is -1.75. The van der Waals surface area contributed by atoms with Gasteiger partial charge in [0, 0.05) is 15.7 Å². The lowest BCUT2D eigenvalue weighted by atomic mass is 10.1. The van der Waals surface area contributed by atoms with Crippen molar-refractivity contribution in [3.05, 3.63) is 51.9 Å². The fraction of sp³-hybridized carbons (Fsp3) is 0.214. The largest absolute Gasteiger partial charge is 0.464 e. The molecule has 1 unspecified atom stereocenters. The number of carbonyl (C=O) groups is 1. The van der Waals surface area contributed by atoms with E-state index in [1.54, 1.807) is 18.2 Å². The number of nitrogens with one attached hydrogen (secondary N) is 1. The van der Waals surface area contributed by atoms with Crippen LogP contribution in [0.5, 0.6) is 0 Å². The van der Waals surface area contributed by atoms with Crippen molar-refractivity contribution in [2.45, 2.75) is 19.9 Å². The molecule has 0 bridgehead atoms. The molecule has 100 valence electrons. The zero-order valence-electron chi connectivity index (χ0n) is 10.7. The van der Waals surface area contributed by atoms with Crippen LogP contribution < -0.4 is 11.1 Å². The van der Waals surface area contributed by atoms with Gasteiger partial charge in [0.25, 0.3) is 5.91 Å². The molecule has 19 heavy (non-hydrogen) atoms. The maximum Gasteiger partial charge on any atom is 0.251 e. The van der Waals surface area contributed by atoms with Crippen molar-refractivity contribution in [3.63, 3.8) is 0 Å². The summed E-state index contributed by atoms with van der Waals surface area (Å²) in [6.07, 6.45) is 0. The monoisotopic (exact) mass is 322 g/mol. The SMILES string of the molecule is Cc1ccc(C(C)NC(=O)c2ccc(N)c(Br)c2)o1. The predicted octanol–water partition coefficient (Wildman–Crippen LogP) is 3.42. The fourth-order valence-corrected chi connectivity index (χ4v) is 2.08. The summed E-state index contributed by atoms with van der Waals surface area (Å²) in [6, 6.07) is 8.63. The Labute approximate surface area is 120 Å². The highest BCUT2D eigenvalue weighted by molar-refractivity contribution is 9.10. The van der Waals surface area contributed by atoms with E-state index >= 15 is 0 Å². The molecule has 4 nitrogen and oxygen atoms in total. The van der Waals surface area contributed by atoms with Crippen LogP contribution in [0.3, 0.4) is 0 Å². The van der Waals surface area contributed by atoms with Gasteiger partial charge < -0.3 is 15.5 Å². The maximum absolute atomic E-state index is 12.1. The number of carbonyl (C=O) groups excluding carboxylic acids is 1. The van der Waals surface area contributed by atoms with Crippen molar-refractivity contribution in [1.29, 1.82) is 0 Å². The van der Waals surface area contributed by atoms with Crippen molar-refractivity contribution in [1.82, 2.24) is 5.32 Å². The maximum atomic E-state index is 12.1. The standard InChI is InChI=1S/C14H15BrN2O2/c1-8-3-6-13(19-8)9(2)17-14(18)10-4-5-12(16)11(15)7-10/h3-7,9H,16H2,1-2H3,(H,17,18). The van der Waals surface area contributed by atoms with E-state index in [9.17, 15) is 4.79 Å². The van der Waals surface area contributed by atoms with E-state index in [2.05, 4.69) is 21.2 Å². The van der Waals surface area contributed by atoms with E-state index in [4.69, 9.17) is 10.2 Å². The van der Waals surface area contributed by atoms with Crippen LogP contribution in [0.4, 0.5) is 5.69 Å². The number of hydrogen-bond acceptors (Lipinski definition) is 3. The summed E-state index contributed by atoms with van der Waals surface area (Å²) in [5.41, 5.74) is 6.85. The molecule has 1 aromatic carbocycles. The number of furan rings is 1. The van der Waals surface area contributed by atoms with E-state index in [0.29, 0.717) is 15.7 Å². The lowest BCUT2D eigenvalue weighted by Gasteiger charge is -2.12. The van der Waals surface area contributed by atoms with Crippen molar-refractivity contribution in [3.8, 4) is 0 Å². The molecule has 3 N–H and O–H groups in total. The van der Waals surface area contributed by atoms with Gasteiger partial charge in [0.1, 0.15) is 11.5 Å². The van der Waals surface area contributed by atoms with Crippen LogP contribution in [0.2, 0.25) is 0 Å². The normalized spacial score (nSPS) is 12.2. The highest BCUT2D eigenvalue weighted by Gasteiger charge is 2.14. The van der Waals surface area contributed by atoms with E-state index in [1.807, 2.05) is 26.0 Å². The van der Waals surface area contributed by atoms with Crippen LogP contribution in [0, 0.1) is 6.92 Å². The van der Waals surface area contributed by atoms with Crippen LogP contribution in [0.1, 0.15) is 34.8 Å². The summed E-state index contributed by atoms with van der Waals surface area (Å²) in [7, 11) is 0. The number of halogens is 1. The van der Waals surface area contributed by atoms with Crippen LogP contribution >= 0.6 is 15.9 Å². The van der Waals surface area contributed by atoms with Gasteiger partial charge in [-0.3, -0.25) is 4.79 Å². The molecular formula is C14H15BrN2O2. The van der Waals surface area contributed by atoms with Gasteiger partial charge in [0.05, 0.1) is 6.04 Å². The third kappa shape index (κ3) is 3.17. The first kappa shape index (κ1) is 13.7. The predicted molar refractivity (Wildman–Crippen MR) is 77.9 cm³/mol. The van der Waals surface area contributed by atoms with Crippen molar-refractivity contribution >= 4 is 27.5 Å². The number of nitrogen functional groups attached to an aromatic ring is 1. The summed E-state index contributed by atoms with van der Waals surface area (Å²) in [5, 5.41) is 2.88. The van der Waals surface area contributed by atoms with Gasteiger partial charge in [0.2, 0.25) is 0 Å². The van der Waals surface area contributed by atoms with Gasteiger partial charge in [-0.15, -0.1) is 0 Å². The van der Waals surface area contributed by atoms with Gasteiger partial charge >= 0.3 is 0 Å². The summed E-state index contributed by atoms with van der Waals surface area (Å²) in [4.78, 5) is 12.1. The average molecular weight is 323 g/mol. The molecule has 1 heterocycles. The first-order chi connectivity index (χ1) is 8.97. The Kier molecular flexibility index (Phi) is 3.95. The van der Waals surface area contributed by atoms with Gasteiger partial charge in [-0.25, -0.2) is 0 Å². The lowest BCUT2D eigenvalue weighted by Crippen LogP contribution is -2.26. The Bertz CT molecular complexity index is 607. The molecule has 0 fully saturated rings. The highest BCUT2D eigenvalue weighted by atomic mass is 79.9. The minimum Gasteiger partial charge on any atom is -0.464 e. The topological polar surface area (TPSA) is 68.3 Å². The number of benzene rings is 1. The van der Waals surface area contributed by atoms with Gasteiger partial charge in [-0.05, 0) is 60.1 Å². The second-order valence-corrected chi connectivity index (χ2v) is 5.23. The fourth-order valence-electron chi connectivity index (χ4n) is 1.71. The molecule has 1 atom stereocenters. The zero-order chi connectivity index (χ0) is 14.0. The van der Waals surface area contributed by atoms with Crippen LogP contribution in [-0.4, -0.2) is 5.91 Å². The van der Waals surface area contributed by atoms with Crippen molar-refractivity contribution in [2.75, 3.05) is 5.73 Å². The second-order valence-electron chi connectivity index (χ2n) is 4.38. The molecule has 0 spiro atoms. The van der Waals surface area contributed by atoms with E-state index in [-0.39, 0.29) is 11.9 Å². The highest BCUT2D eigenvalue weighted by Crippen LogP contribution is 2.21. The third-order valence-electron chi connectivity index (χ3n) is 2.80. The summed E-state index contributed by atoms with van der Waals surface area (Å²) in [6.45, 7) is 3.75. The molecule has 1 aromatic heterocycles. The molecule has 5 heteroatoms. The summed E-state index contributed by atoms with van der Waals surface area (Å²) >= 11 is 3.31. The van der Waals surface area contributed by atoms with Crippen molar-refractivity contribution in [2.24, 2.45) is 0 Å². The molecule has 0 aliphatic carbocycles. The quantitative estimate of drug-likeness (QED) is 0.851. The molecular weight excluding hydrogens is 308 g/mol. The molecule has 0 aliphatic heterocycles. The van der Waals surface area contributed by atoms with Crippen molar-refractivity contribution < 1.29 is 9.21 Å². The van der Waals surface area contributed by atoms with Gasteiger partial charge in [-0.1, -0.05) is 0 Å². The molecule has 2 aromatic rings. The van der Waals surface area contributed by atoms with E-state index in [1.165, 1.54) is 0 Å². The van der Waals surface area contributed by atoms with Crippen LogP contribution in [0.25, 0.3) is 0 Å². The Balaban J connectivity index is 2.10. The number of anilines is 1. The minimum absolute atomic E-state index is 0.165. The van der Waals surface area contributed by atoms with Gasteiger partial charge in [0.15, 0.2) is 0 Å². The molecule has 0 aliphatic rings. The van der Waals surface area contributed by atoms with E-state index < -0.39 is 0 Å². The Morgan fingerprint density at radius 3 is 2.68 bits per heavy atom. The number of aryl methyl sites for hydroxylation is 1. The number of hydrogen-bond donors (Lipinski definition) is 2. The summed E-state index contributed by atoms with van der Waals surface area (Å²) in [5.74, 6) is 1.40. The number of nitrogens with two attached hydrogens (primary N) is 1. The van der Waals surface area contributed by atoms with Crippen LogP contribution in [0.15, 0.2) is 39.2 Å². The summed E-state index contributed by atoms with van der Waals surface area (Å²) < 4.78 is 6.19. The first-order valence-electron chi connectivity index (χ1n) is 5.89. The average Bonchev–Trinajstić information content (AvgIpc) is 2.79. The first-order valence-corrected chi connectivity index (χ1v) is 6.69. The minimum atomic E-state index is -0.183. The third-order valence-corrected chi connectivity index (χ3v) is 3.48. The second kappa shape index (κ2) is 5.48. The molecule has 0 radical (unpaired) electrons. The number of rotatable bonds is 3.